The van der Waals surface area contributed by atoms with Crippen molar-refractivity contribution in [3.05, 3.63) is 45.4 Å². The predicted octanol–water partition coefficient (Wildman–Crippen LogP) is 8.52. The molecule has 242 valence electrons. The topological polar surface area (TPSA) is 57.2 Å². The number of rotatable bonds is 9. The fourth-order valence-electron chi connectivity index (χ4n) is 6.16. The Morgan fingerprint density at radius 2 is 1.70 bits per heavy atom. The Balaban J connectivity index is 1.39. The summed E-state index contributed by atoms with van der Waals surface area (Å²) < 4.78 is 55.7. The van der Waals surface area contributed by atoms with E-state index in [0.29, 0.717) is 67.1 Å². The number of imidazole rings is 1. The van der Waals surface area contributed by atoms with Crippen LogP contribution in [0.15, 0.2) is 24.3 Å². The summed E-state index contributed by atoms with van der Waals surface area (Å²) in [6.07, 6.45) is -3.35. The van der Waals surface area contributed by atoms with E-state index in [2.05, 4.69) is 36.7 Å². The van der Waals surface area contributed by atoms with Crippen LogP contribution in [-0.4, -0.2) is 47.6 Å². The van der Waals surface area contributed by atoms with E-state index < -0.39 is 18.3 Å². The van der Waals surface area contributed by atoms with E-state index in [1.54, 1.807) is 0 Å². The first kappa shape index (κ1) is 33.1. The molecule has 3 aromatic rings. The molecule has 1 atom stereocenters. The molecule has 12 heteroatoms. The number of nitrogens with zero attached hydrogens (tertiary/aromatic N) is 3. The Kier molecular flexibility index (Phi) is 9.95. The standard InChI is InChI=1S/C32H42Cl2F4N6/c1-31(2,3)18-39-15-19-5-10-24(33)29(28(19)34)42-30-41-25-13-20(16-40-23-8-6-21(7-9-23)32(36,37)38)26(14-27(25)43(30)4)44-12-11-22(35)17-44/h5,10,13-14,21-23,39-40H,6-9,11-12,15-18H2,1-4H3,(H,41,42). The fraction of sp³-hybridized carbons (Fsp3) is 0.594. The van der Waals surface area contributed by atoms with Gasteiger partial charge in [-0.2, -0.15) is 13.2 Å². The summed E-state index contributed by atoms with van der Waals surface area (Å²) in [6, 6.07) is 7.75. The number of nitrogens with one attached hydrogen (secondary N) is 3. The number of hydrogen-bond acceptors (Lipinski definition) is 5. The predicted molar refractivity (Wildman–Crippen MR) is 172 cm³/mol. The average molecular weight is 658 g/mol. The van der Waals surface area contributed by atoms with Crippen LogP contribution in [0.25, 0.3) is 11.0 Å². The SMILES string of the molecule is Cn1c(Nc2c(Cl)ccc(CNCC(C)(C)C)c2Cl)nc2cc(CNC3CCC(C(F)(F)F)CC3)c(N3CCC(F)C3)cc21. The van der Waals surface area contributed by atoms with Crippen LogP contribution in [0.1, 0.15) is 64.0 Å². The summed E-state index contributed by atoms with van der Waals surface area (Å²) in [4.78, 5) is 6.91. The number of fused-ring (bicyclic) bond motifs is 1. The lowest BCUT2D eigenvalue weighted by Crippen LogP contribution is -2.37. The highest BCUT2D eigenvalue weighted by Gasteiger charge is 2.41. The van der Waals surface area contributed by atoms with Gasteiger partial charge in [-0.15, -0.1) is 0 Å². The van der Waals surface area contributed by atoms with Crippen LogP contribution >= 0.6 is 23.2 Å². The molecular weight excluding hydrogens is 615 g/mol. The van der Waals surface area contributed by atoms with E-state index in [1.807, 2.05) is 40.8 Å². The van der Waals surface area contributed by atoms with Gasteiger partial charge in [-0.25, -0.2) is 9.37 Å². The Hall–Kier alpha value is -2.27. The maximum absolute atomic E-state index is 14.3. The van der Waals surface area contributed by atoms with Crippen molar-refractivity contribution in [1.82, 2.24) is 20.2 Å². The number of anilines is 3. The number of aromatic nitrogens is 2. The van der Waals surface area contributed by atoms with Crippen LogP contribution in [0.5, 0.6) is 0 Å². The van der Waals surface area contributed by atoms with Crippen molar-refractivity contribution >= 4 is 51.6 Å². The second kappa shape index (κ2) is 13.2. The highest BCUT2D eigenvalue weighted by molar-refractivity contribution is 6.39. The minimum Gasteiger partial charge on any atom is -0.368 e. The number of aryl methyl sites for hydroxylation is 1. The van der Waals surface area contributed by atoms with E-state index in [1.165, 1.54) is 0 Å². The summed E-state index contributed by atoms with van der Waals surface area (Å²) in [7, 11) is 1.90. The third-order valence-corrected chi connectivity index (χ3v) is 9.45. The molecule has 3 N–H and O–H groups in total. The molecule has 0 bridgehead atoms. The summed E-state index contributed by atoms with van der Waals surface area (Å²) in [5.41, 5.74) is 5.06. The van der Waals surface area contributed by atoms with Gasteiger partial charge in [0.1, 0.15) is 6.17 Å². The molecular formula is C32H42Cl2F4N6. The molecule has 0 spiro atoms. The molecule has 2 aromatic carbocycles. The number of hydrogen-bond donors (Lipinski definition) is 3. The third kappa shape index (κ3) is 7.74. The van der Waals surface area contributed by atoms with Crippen LogP contribution in [0.3, 0.4) is 0 Å². The van der Waals surface area contributed by atoms with E-state index in [0.717, 1.165) is 34.4 Å². The van der Waals surface area contributed by atoms with Gasteiger partial charge in [-0.3, -0.25) is 0 Å². The van der Waals surface area contributed by atoms with E-state index in [9.17, 15) is 17.6 Å². The molecule has 2 heterocycles. The zero-order valence-corrected chi connectivity index (χ0v) is 27.2. The smallest absolute Gasteiger partial charge is 0.368 e. The second-order valence-electron chi connectivity index (χ2n) is 13.5. The number of halogens is 6. The largest absolute Gasteiger partial charge is 0.391 e. The van der Waals surface area contributed by atoms with Crippen molar-refractivity contribution < 1.29 is 17.6 Å². The molecule has 2 aliphatic rings. The minimum absolute atomic E-state index is 0.0000528. The summed E-state index contributed by atoms with van der Waals surface area (Å²) >= 11 is 13.4. The van der Waals surface area contributed by atoms with Crippen molar-refractivity contribution in [2.24, 2.45) is 18.4 Å². The lowest BCUT2D eigenvalue weighted by molar-refractivity contribution is -0.182. The lowest BCUT2D eigenvalue weighted by atomic mass is 9.85. The quantitative estimate of drug-likeness (QED) is 0.202. The molecule has 0 radical (unpaired) electrons. The highest BCUT2D eigenvalue weighted by atomic mass is 35.5. The van der Waals surface area contributed by atoms with Crippen LogP contribution in [-0.2, 0) is 20.1 Å². The molecule has 1 aliphatic carbocycles. The molecule has 44 heavy (non-hydrogen) atoms. The highest BCUT2D eigenvalue weighted by Crippen LogP contribution is 2.39. The van der Waals surface area contributed by atoms with Crippen LogP contribution in [0, 0.1) is 11.3 Å². The van der Waals surface area contributed by atoms with Crippen LogP contribution < -0.4 is 20.9 Å². The van der Waals surface area contributed by atoms with Crippen molar-refractivity contribution in [1.29, 1.82) is 0 Å². The summed E-state index contributed by atoms with van der Waals surface area (Å²) in [6.45, 7) is 9.27. The zero-order valence-electron chi connectivity index (χ0n) is 25.7. The van der Waals surface area contributed by atoms with Gasteiger partial charge in [-0.05, 0) is 66.8 Å². The zero-order chi connectivity index (χ0) is 31.8. The van der Waals surface area contributed by atoms with Crippen molar-refractivity contribution in [3.63, 3.8) is 0 Å². The van der Waals surface area contributed by atoms with E-state index in [4.69, 9.17) is 28.2 Å². The molecule has 6 nitrogen and oxygen atoms in total. The summed E-state index contributed by atoms with van der Waals surface area (Å²) in [5.74, 6) is -0.671. The van der Waals surface area contributed by atoms with E-state index in [-0.39, 0.29) is 24.3 Å². The first-order valence-electron chi connectivity index (χ1n) is 15.3. The number of alkyl halides is 4. The maximum Gasteiger partial charge on any atom is 0.391 e. The van der Waals surface area contributed by atoms with Crippen LogP contribution in [0.2, 0.25) is 10.0 Å². The molecule has 5 rings (SSSR count). The van der Waals surface area contributed by atoms with Gasteiger partial charge in [0.25, 0.3) is 0 Å². The van der Waals surface area contributed by atoms with Crippen LogP contribution in [0.4, 0.5) is 34.9 Å². The Morgan fingerprint density at radius 3 is 2.34 bits per heavy atom. The first-order chi connectivity index (χ1) is 20.7. The van der Waals surface area contributed by atoms with Gasteiger partial charge in [0.05, 0.1) is 32.7 Å². The first-order valence-corrected chi connectivity index (χ1v) is 16.1. The van der Waals surface area contributed by atoms with Crippen molar-refractivity contribution in [2.45, 2.75) is 84.4 Å². The Morgan fingerprint density at radius 1 is 0.977 bits per heavy atom. The fourth-order valence-corrected chi connectivity index (χ4v) is 6.70. The molecule has 1 saturated carbocycles. The molecule has 1 aromatic heterocycles. The maximum atomic E-state index is 14.3. The van der Waals surface area contributed by atoms with Gasteiger partial charge < -0.3 is 25.4 Å². The van der Waals surface area contributed by atoms with Crippen molar-refractivity contribution in [2.75, 3.05) is 29.9 Å². The Bertz CT molecular complexity index is 1460. The molecule has 1 aliphatic heterocycles. The average Bonchev–Trinajstić information content (AvgIpc) is 3.51. The lowest BCUT2D eigenvalue weighted by Gasteiger charge is -2.31. The van der Waals surface area contributed by atoms with Gasteiger partial charge in [0.15, 0.2) is 0 Å². The van der Waals surface area contributed by atoms with Gasteiger partial charge in [0.2, 0.25) is 5.95 Å². The normalized spacial score (nSPS) is 21.4. The molecule has 2 fully saturated rings. The Labute approximate surface area is 266 Å². The van der Waals surface area contributed by atoms with Gasteiger partial charge in [0, 0.05) is 51.5 Å². The second-order valence-corrected chi connectivity index (χ2v) is 14.2. The van der Waals surface area contributed by atoms with Gasteiger partial charge >= 0.3 is 6.18 Å². The van der Waals surface area contributed by atoms with Gasteiger partial charge in [-0.1, -0.05) is 50.0 Å². The molecule has 0 amide bonds. The molecule has 1 saturated heterocycles. The number of benzene rings is 2. The van der Waals surface area contributed by atoms with E-state index >= 15 is 0 Å². The summed E-state index contributed by atoms with van der Waals surface area (Å²) in [5, 5.41) is 11.3. The minimum atomic E-state index is -4.13. The van der Waals surface area contributed by atoms with Crippen molar-refractivity contribution in [3.8, 4) is 0 Å². The molecule has 1 unspecified atom stereocenters. The third-order valence-electron chi connectivity index (χ3n) is 8.70. The monoisotopic (exact) mass is 656 g/mol.